The molecule has 2 N–H and O–H groups in total. The van der Waals surface area contributed by atoms with Gasteiger partial charge in [-0.3, -0.25) is 4.79 Å². The molecule has 0 aliphatic heterocycles. The minimum Gasteiger partial charge on any atom is -0.324 e. The SMILES string of the molecule is CNCc1cccc(NC(=O)Cn2ccnn2)c1. The van der Waals surface area contributed by atoms with Gasteiger partial charge < -0.3 is 10.6 Å². The van der Waals surface area contributed by atoms with Crippen LogP contribution in [0, 0.1) is 0 Å². The zero-order valence-corrected chi connectivity index (χ0v) is 10.1. The average Bonchev–Trinajstić information content (AvgIpc) is 2.82. The van der Waals surface area contributed by atoms with Crippen LogP contribution in [0.1, 0.15) is 5.56 Å². The Bertz CT molecular complexity index is 509. The molecule has 0 unspecified atom stereocenters. The number of anilines is 1. The van der Waals surface area contributed by atoms with Crippen molar-refractivity contribution in [3.63, 3.8) is 0 Å². The van der Waals surface area contributed by atoms with Crippen LogP contribution >= 0.6 is 0 Å². The third-order valence-electron chi connectivity index (χ3n) is 2.37. The summed E-state index contributed by atoms with van der Waals surface area (Å²) >= 11 is 0. The maximum Gasteiger partial charge on any atom is 0.246 e. The molecule has 2 aromatic rings. The fourth-order valence-electron chi connectivity index (χ4n) is 1.63. The number of nitrogens with zero attached hydrogens (tertiary/aromatic N) is 3. The van der Waals surface area contributed by atoms with Gasteiger partial charge in [0, 0.05) is 18.4 Å². The van der Waals surface area contributed by atoms with E-state index in [9.17, 15) is 4.79 Å². The quantitative estimate of drug-likeness (QED) is 0.810. The summed E-state index contributed by atoms with van der Waals surface area (Å²) in [5, 5.41) is 13.3. The minimum atomic E-state index is -0.123. The van der Waals surface area contributed by atoms with Crippen molar-refractivity contribution in [2.45, 2.75) is 13.1 Å². The highest BCUT2D eigenvalue weighted by molar-refractivity contribution is 5.90. The Morgan fingerprint density at radius 3 is 3.06 bits per heavy atom. The van der Waals surface area contributed by atoms with Crippen molar-refractivity contribution in [3.05, 3.63) is 42.2 Å². The Morgan fingerprint density at radius 2 is 2.33 bits per heavy atom. The first-order valence-electron chi connectivity index (χ1n) is 5.65. The molecule has 0 saturated heterocycles. The van der Waals surface area contributed by atoms with Gasteiger partial charge in [-0.25, -0.2) is 4.68 Å². The lowest BCUT2D eigenvalue weighted by molar-refractivity contribution is -0.116. The summed E-state index contributed by atoms with van der Waals surface area (Å²) in [5.41, 5.74) is 1.91. The van der Waals surface area contributed by atoms with Crippen LogP contribution in [0.25, 0.3) is 0 Å². The number of amides is 1. The number of benzene rings is 1. The van der Waals surface area contributed by atoms with Crippen LogP contribution in [0.3, 0.4) is 0 Å². The normalized spacial score (nSPS) is 10.3. The molecule has 0 fully saturated rings. The molecule has 0 aliphatic carbocycles. The molecule has 1 aromatic heterocycles. The van der Waals surface area contributed by atoms with Crippen LogP contribution in [0.2, 0.25) is 0 Å². The Kier molecular flexibility index (Phi) is 4.03. The van der Waals surface area contributed by atoms with Crippen LogP contribution in [0.4, 0.5) is 5.69 Å². The molecular formula is C12H15N5O. The van der Waals surface area contributed by atoms with Crippen molar-refractivity contribution in [1.82, 2.24) is 20.3 Å². The lowest BCUT2D eigenvalue weighted by Crippen LogP contribution is -2.19. The van der Waals surface area contributed by atoms with E-state index in [0.717, 1.165) is 17.8 Å². The fourth-order valence-corrected chi connectivity index (χ4v) is 1.63. The molecule has 0 spiro atoms. The van der Waals surface area contributed by atoms with Gasteiger partial charge in [-0.1, -0.05) is 17.3 Å². The zero-order valence-electron chi connectivity index (χ0n) is 10.1. The molecular weight excluding hydrogens is 230 g/mol. The molecule has 2 rings (SSSR count). The second-order valence-corrected chi connectivity index (χ2v) is 3.88. The Morgan fingerprint density at radius 1 is 1.44 bits per heavy atom. The van der Waals surface area contributed by atoms with Crippen LogP contribution < -0.4 is 10.6 Å². The average molecular weight is 245 g/mol. The first kappa shape index (κ1) is 12.3. The van der Waals surface area contributed by atoms with Crippen molar-refractivity contribution in [3.8, 4) is 0 Å². The van der Waals surface area contributed by atoms with Gasteiger partial charge in [0.25, 0.3) is 0 Å². The Labute approximate surface area is 105 Å². The largest absolute Gasteiger partial charge is 0.324 e. The number of carbonyl (C=O) groups excluding carboxylic acids is 1. The lowest BCUT2D eigenvalue weighted by Gasteiger charge is -2.07. The Balaban J connectivity index is 1.96. The van der Waals surface area contributed by atoms with Gasteiger partial charge in [0.2, 0.25) is 5.91 Å². The van der Waals surface area contributed by atoms with Crippen molar-refractivity contribution < 1.29 is 4.79 Å². The van der Waals surface area contributed by atoms with Crippen LogP contribution in [-0.2, 0) is 17.9 Å². The number of carbonyl (C=O) groups is 1. The summed E-state index contributed by atoms with van der Waals surface area (Å²) in [7, 11) is 1.88. The van der Waals surface area contributed by atoms with E-state index in [4.69, 9.17) is 0 Å². The first-order chi connectivity index (χ1) is 8.78. The van der Waals surface area contributed by atoms with E-state index in [1.165, 1.54) is 4.68 Å². The highest BCUT2D eigenvalue weighted by Crippen LogP contribution is 2.10. The standard InChI is InChI=1S/C12H15N5O/c1-13-8-10-3-2-4-11(7-10)15-12(18)9-17-6-5-14-16-17/h2-7,13H,8-9H2,1H3,(H,15,18). The van der Waals surface area contributed by atoms with E-state index in [0.29, 0.717) is 0 Å². The molecule has 1 aromatic carbocycles. The van der Waals surface area contributed by atoms with Crippen LogP contribution in [-0.4, -0.2) is 27.9 Å². The van der Waals surface area contributed by atoms with E-state index >= 15 is 0 Å². The van der Waals surface area contributed by atoms with Crippen LogP contribution in [0.15, 0.2) is 36.7 Å². The summed E-state index contributed by atoms with van der Waals surface area (Å²) < 4.78 is 1.48. The van der Waals surface area contributed by atoms with Crippen molar-refractivity contribution in [1.29, 1.82) is 0 Å². The van der Waals surface area contributed by atoms with Crippen molar-refractivity contribution >= 4 is 11.6 Å². The molecule has 0 bridgehead atoms. The maximum atomic E-state index is 11.7. The summed E-state index contributed by atoms with van der Waals surface area (Å²) in [4.78, 5) is 11.7. The molecule has 1 heterocycles. The predicted molar refractivity (Wildman–Crippen MR) is 67.9 cm³/mol. The summed E-state index contributed by atoms with van der Waals surface area (Å²) in [6.45, 7) is 0.934. The van der Waals surface area contributed by atoms with Gasteiger partial charge in [0.05, 0.1) is 6.20 Å². The maximum absolute atomic E-state index is 11.7. The minimum absolute atomic E-state index is 0.123. The molecule has 0 aliphatic rings. The molecule has 94 valence electrons. The summed E-state index contributed by atoms with van der Waals surface area (Å²) in [6, 6.07) is 7.72. The van der Waals surface area contributed by atoms with E-state index in [1.807, 2.05) is 31.3 Å². The molecule has 6 heteroatoms. The van der Waals surface area contributed by atoms with E-state index in [-0.39, 0.29) is 12.5 Å². The van der Waals surface area contributed by atoms with Gasteiger partial charge in [-0.2, -0.15) is 0 Å². The third kappa shape index (κ3) is 3.39. The molecule has 18 heavy (non-hydrogen) atoms. The number of aromatic nitrogens is 3. The monoisotopic (exact) mass is 245 g/mol. The molecule has 0 atom stereocenters. The number of rotatable bonds is 5. The number of nitrogens with one attached hydrogen (secondary N) is 2. The smallest absolute Gasteiger partial charge is 0.246 e. The van der Waals surface area contributed by atoms with E-state index in [1.54, 1.807) is 12.4 Å². The van der Waals surface area contributed by atoms with Gasteiger partial charge in [-0.15, -0.1) is 5.10 Å². The first-order valence-corrected chi connectivity index (χ1v) is 5.65. The predicted octanol–water partition coefficient (Wildman–Crippen LogP) is 0.636. The van der Waals surface area contributed by atoms with Crippen LogP contribution in [0.5, 0.6) is 0 Å². The molecule has 6 nitrogen and oxygen atoms in total. The molecule has 0 radical (unpaired) electrons. The van der Waals surface area contributed by atoms with Crippen molar-refractivity contribution in [2.75, 3.05) is 12.4 Å². The number of hydrogen-bond donors (Lipinski definition) is 2. The number of hydrogen-bond acceptors (Lipinski definition) is 4. The van der Waals surface area contributed by atoms with Gasteiger partial charge in [0.1, 0.15) is 6.54 Å². The van der Waals surface area contributed by atoms with Gasteiger partial charge in [0.15, 0.2) is 0 Å². The fraction of sp³-hybridized carbons (Fsp3) is 0.250. The second kappa shape index (κ2) is 5.92. The topological polar surface area (TPSA) is 71.8 Å². The third-order valence-corrected chi connectivity index (χ3v) is 2.37. The van der Waals surface area contributed by atoms with Gasteiger partial charge >= 0.3 is 0 Å². The van der Waals surface area contributed by atoms with E-state index in [2.05, 4.69) is 20.9 Å². The highest BCUT2D eigenvalue weighted by atomic mass is 16.2. The summed E-state index contributed by atoms with van der Waals surface area (Å²) in [5.74, 6) is -0.123. The lowest BCUT2D eigenvalue weighted by atomic mass is 10.2. The summed E-state index contributed by atoms with van der Waals surface area (Å²) in [6.07, 6.45) is 3.19. The second-order valence-electron chi connectivity index (χ2n) is 3.88. The highest BCUT2D eigenvalue weighted by Gasteiger charge is 2.04. The zero-order chi connectivity index (χ0) is 12.8. The molecule has 1 amide bonds. The van der Waals surface area contributed by atoms with Gasteiger partial charge in [-0.05, 0) is 24.7 Å². The molecule has 0 saturated carbocycles. The van der Waals surface area contributed by atoms with E-state index < -0.39 is 0 Å². The van der Waals surface area contributed by atoms with Crippen molar-refractivity contribution in [2.24, 2.45) is 0 Å². The Hall–Kier alpha value is -2.21.